The first-order chi connectivity index (χ1) is 7.02. The number of hydrogen-bond acceptors (Lipinski definition) is 4. The van der Waals surface area contributed by atoms with Gasteiger partial charge in [-0.25, -0.2) is 4.79 Å². The summed E-state index contributed by atoms with van der Waals surface area (Å²) < 4.78 is 35.0. The summed E-state index contributed by atoms with van der Waals surface area (Å²) >= 11 is 0. The van der Waals surface area contributed by atoms with Crippen LogP contribution in [-0.2, 0) is 15.5 Å². The molecule has 0 N–H and O–H groups in total. The molecule has 0 aliphatic rings. The fourth-order valence-electron chi connectivity index (χ4n) is 0.907. The molecule has 4 nitrogen and oxygen atoms in total. The van der Waals surface area contributed by atoms with Crippen molar-refractivity contribution in [1.29, 1.82) is 0 Å². The quantitative estimate of drug-likeness (QED) is 0.570. The molecule has 0 atom stereocenters. The lowest BCUT2D eigenvalue weighted by molar-refractivity contribution is -0.175. The largest absolute Gasteiger partial charge is 0.461 e. The van der Waals surface area contributed by atoms with Crippen molar-refractivity contribution in [3.8, 4) is 0 Å². The summed E-state index contributed by atoms with van der Waals surface area (Å²) in [5, 5.41) is 0. The zero-order chi connectivity index (χ0) is 11.5. The third-order valence-electron chi connectivity index (χ3n) is 1.58. The van der Waals surface area contributed by atoms with E-state index in [2.05, 4.69) is 9.15 Å². The molecule has 0 amide bonds. The van der Waals surface area contributed by atoms with Gasteiger partial charge >= 0.3 is 11.9 Å². The molecule has 0 saturated heterocycles. The molecule has 0 radical (unpaired) electrons. The van der Waals surface area contributed by atoms with Crippen molar-refractivity contribution in [2.45, 2.75) is 12.8 Å². The van der Waals surface area contributed by atoms with E-state index in [4.69, 9.17) is 0 Å². The highest BCUT2D eigenvalue weighted by Gasteiger charge is 2.46. The van der Waals surface area contributed by atoms with E-state index in [9.17, 15) is 18.4 Å². The van der Waals surface area contributed by atoms with Gasteiger partial charge in [0.05, 0.1) is 6.61 Å². The van der Waals surface area contributed by atoms with Gasteiger partial charge in [-0.3, -0.25) is 4.79 Å². The monoisotopic (exact) mass is 218 g/mol. The minimum absolute atomic E-state index is 0.157. The Balaban J connectivity index is 2.93. The minimum atomic E-state index is -3.86. The molecule has 0 bridgehead atoms. The van der Waals surface area contributed by atoms with E-state index in [0.29, 0.717) is 0 Å². The van der Waals surface area contributed by atoms with E-state index >= 15 is 0 Å². The molecule has 15 heavy (non-hydrogen) atoms. The number of rotatable bonds is 4. The predicted octanol–water partition coefficient (Wildman–Crippen LogP) is 1.75. The summed E-state index contributed by atoms with van der Waals surface area (Å²) in [7, 11) is 0. The zero-order valence-electron chi connectivity index (χ0n) is 7.83. The molecule has 1 aromatic heterocycles. The van der Waals surface area contributed by atoms with Crippen molar-refractivity contribution in [3.05, 3.63) is 23.7 Å². The summed E-state index contributed by atoms with van der Waals surface area (Å²) in [6.45, 7) is 1.25. The number of ether oxygens (including phenoxy) is 1. The molecular weight excluding hydrogens is 210 g/mol. The van der Waals surface area contributed by atoms with Crippen LogP contribution in [0.5, 0.6) is 0 Å². The van der Waals surface area contributed by atoms with Gasteiger partial charge in [0.15, 0.2) is 17.8 Å². The SMILES string of the molecule is CCOC(=O)C(F)(F)c1ccc(C=O)o1. The van der Waals surface area contributed by atoms with Crippen LogP contribution >= 0.6 is 0 Å². The average Bonchev–Trinajstić information content (AvgIpc) is 2.66. The lowest BCUT2D eigenvalue weighted by atomic mass is 10.2. The second-order valence-electron chi connectivity index (χ2n) is 2.61. The second kappa shape index (κ2) is 4.20. The predicted molar refractivity (Wildman–Crippen MR) is 44.6 cm³/mol. The molecule has 0 unspecified atom stereocenters. The van der Waals surface area contributed by atoms with Crippen molar-refractivity contribution >= 4 is 12.3 Å². The normalized spacial score (nSPS) is 11.1. The summed E-state index contributed by atoms with van der Waals surface area (Å²) in [5.74, 6) is -6.73. The van der Waals surface area contributed by atoms with Crippen molar-refractivity contribution in [3.63, 3.8) is 0 Å². The van der Waals surface area contributed by atoms with Crippen molar-refractivity contribution < 1.29 is 27.5 Å². The highest BCUT2D eigenvalue weighted by molar-refractivity contribution is 5.79. The van der Waals surface area contributed by atoms with Crippen LogP contribution in [0.15, 0.2) is 16.5 Å². The fraction of sp³-hybridized carbons (Fsp3) is 0.333. The lowest BCUT2D eigenvalue weighted by Gasteiger charge is -2.11. The average molecular weight is 218 g/mol. The van der Waals surface area contributed by atoms with Crippen LogP contribution in [-0.4, -0.2) is 18.9 Å². The van der Waals surface area contributed by atoms with Crippen molar-refractivity contribution in [1.82, 2.24) is 0 Å². The molecule has 82 valence electrons. The third kappa shape index (κ3) is 2.20. The van der Waals surface area contributed by atoms with Crippen LogP contribution in [0.25, 0.3) is 0 Å². The molecular formula is C9H8F2O4. The van der Waals surface area contributed by atoms with Crippen LogP contribution in [0.3, 0.4) is 0 Å². The van der Waals surface area contributed by atoms with Gasteiger partial charge in [-0.2, -0.15) is 8.78 Å². The Kier molecular flexibility index (Phi) is 3.18. The van der Waals surface area contributed by atoms with Crippen LogP contribution in [0, 0.1) is 0 Å². The number of esters is 1. The van der Waals surface area contributed by atoms with Gasteiger partial charge in [0.25, 0.3) is 0 Å². The Morgan fingerprint density at radius 3 is 2.73 bits per heavy atom. The first-order valence-electron chi connectivity index (χ1n) is 4.13. The highest BCUT2D eigenvalue weighted by atomic mass is 19.3. The van der Waals surface area contributed by atoms with Crippen LogP contribution in [0.2, 0.25) is 0 Å². The third-order valence-corrected chi connectivity index (χ3v) is 1.58. The zero-order valence-corrected chi connectivity index (χ0v) is 7.83. The molecule has 1 rings (SSSR count). The Morgan fingerprint density at radius 1 is 1.60 bits per heavy atom. The molecule has 0 fully saturated rings. The van der Waals surface area contributed by atoms with E-state index in [1.54, 1.807) is 0 Å². The van der Waals surface area contributed by atoms with E-state index in [1.807, 2.05) is 0 Å². The van der Waals surface area contributed by atoms with Gasteiger partial charge in [-0.1, -0.05) is 0 Å². The van der Waals surface area contributed by atoms with E-state index in [0.717, 1.165) is 12.1 Å². The second-order valence-corrected chi connectivity index (χ2v) is 2.61. The summed E-state index contributed by atoms with van der Waals surface area (Å²) in [5.41, 5.74) is 0. The van der Waals surface area contributed by atoms with Gasteiger partial charge < -0.3 is 9.15 Å². The maximum Gasteiger partial charge on any atom is 0.399 e. The molecule has 0 saturated carbocycles. The van der Waals surface area contributed by atoms with Gasteiger partial charge in [0, 0.05) is 0 Å². The summed E-state index contributed by atoms with van der Waals surface area (Å²) in [6, 6.07) is 1.91. The molecule has 0 spiro atoms. The van der Waals surface area contributed by atoms with Gasteiger partial charge in [-0.15, -0.1) is 0 Å². The van der Waals surface area contributed by atoms with Crippen LogP contribution in [0.1, 0.15) is 23.2 Å². The first kappa shape index (κ1) is 11.4. The maximum atomic E-state index is 13.2. The Labute approximate surface area is 83.8 Å². The molecule has 0 aliphatic heterocycles. The number of halogens is 2. The topological polar surface area (TPSA) is 56.5 Å². The summed E-state index contributed by atoms with van der Waals surface area (Å²) in [6.07, 6.45) is 0.269. The number of aldehydes is 1. The highest BCUT2D eigenvalue weighted by Crippen LogP contribution is 2.30. The minimum Gasteiger partial charge on any atom is -0.461 e. The molecule has 1 heterocycles. The Hall–Kier alpha value is -1.72. The van der Waals surface area contributed by atoms with Gasteiger partial charge in [-0.05, 0) is 19.1 Å². The van der Waals surface area contributed by atoms with E-state index in [1.165, 1.54) is 6.92 Å². The Morgan fingerprint density at radius 2 is 2.27 bits per heavy atom. The number of carbonyl (C=O) groups is 2. The van der Waals surface area contributed by atoms with Gasteiger partial charge in [0.1, 0.15) is 0 Å². The number of alkyl halides is 2. The maximum absolute atomic E-state index is 13.2. The number of carbonyl (C=O) groups excluding carboxylic acids is 2. The number of hydrogen-bond donors (Lipinski definition) is 0. The standard InChI is InChI=1S/C9H8F2O4/c1-2-14-8(13)9(10,11)7-4-3-6(5-12)15-7/h3-5H,2H2,1H3. The molecule has 0 aliphatic carbocycles. The molecule has 1 aromatic rings. The van der Waals surface area contributed by atoms with E-state index in [-0.39, 0.29) is 18.7 Å². The van der Waals surface area contributed by atoms with Crippen molar-refractivity contribution in [2.75, 3.05) is 6.61 Å². The Bertz CT molecular complexity index is 370. The van der Waals surface area contributed by atoms with E-state index < -0.39 is 17.7 Å². The molecule has 6 heteroatoms. The smallest absolute Gasteiger partial charge is 0.399 e. The first-order valence-corrected chi connectivity index (χ1v) is 4.13. The summed E-state index contributed by atoms with van der Waals surface area (Å²) in [4.78, 5) is 21.0. The molecule has 0 aromatic carbocycles. The fourth-order valence-corrected chi connectivity index (χ4v) is 0.907. The number of furan rings is 1. The lowest BCUT2D eigenvalue weighted by Crippen LogP contribution is -2.27. The van der Waals surface area contributed by atoms with Crippen LogP contribution in [0.4, 0.5) is 8.78 Å². The van der Waals surface area contributed by atoms with Crippen molar-refractivity contribution in [2.24, 2.45) is 0 Å². The van der Waals surface area contributed by atoms with Gasteiger partial charge in [0.2, 0.25) is 0 Å². The van der Waals surface area contributed by atoms with Crippen LogP contribution < -0.4 is 0 Å².